The molecule has 1 fully saturated rings. The van der Waals surface area contributed by atoms with Crippen molar-refractivity contribution in [2.24, 2.45) is 0 Å². The van der Waals surface area contributed by atoms with Gasteiger partial charge in [-0.2, -0.15) is 0 Å². The average molecular weight is 276 g/mol. The van der Waals surface area contributed by atoms with Crippen molar-refractivity contribution >= 4 is 5.82 Å². The van der Waals surface area contributed by atoms with Gasteiger partial charge in [-0.05, 0) is 57.6 Å². The lowest BCUT2D eigenvalue weighted by Gasteiger charge is -2.28. The lowest BCUT2D eigenvalue weighted by atomic mass is 10.1. The molecule has 1 N–H and O–H groups in total. The molecule has 4 heteroatoms. The Hall–Kier alpha value is -1.13. The molecule has 1 aliphatic heterocycles. The molecule has 2 unspecified atom stereocenters. The molecule has 20 heavy (non-hydrogen) atoms. The van der Waals surface area contributed by atoms with Crippen LogP contribution in [-0.2, 0) is 0 Å². The molecule has 0 bridgehead atoms. The number of aromatic nitrogens is 1. The summed E-state index contributed by atoms with van der Waals surface area (Å²) in [5.74, 6) is 1.08. The van der Waals surface area contributed by atoms with Gasteiger partial charge in [-0.1, -0.05) is 6.92 Å². The Balaban J connectivity index is 2.03. The molecular weight excluding hydrogens is 248 g/mol. The molecule has 0 amide bonds. The molecule has 0 spiro atoms. The number of rotatable bonds is 6. The predicted molar refractivity (Wildman–Crippen MR) is 85.3 cm³/mol. The van der Waals surface area contributed by atoms with Gasteiger partial charge >= 0.3 is 0 Å². The number of likely N-dealkylation sites (tertiary alicyclic amines) is 1. The minimum absolute atomic E-state index is 0.365. The smallest absolute Gasteiger partial charge is 0.128 e. The topological polar surface area (TPSA) is 31.4 Å². The van der Waals surface area contributed by atoms with Gasteiger partial charge in [0.15, 0.2) is 0 Å². The highest BCUT2D eigenvalue weighted by Crippen LogP contribution is 2.21. The SMILES string of the molecule is CCN1CCCC1CN(C)c1cc(C(C)NC)ccn1. The van der Waals surface area contributed by atoms with Crippen molar-refractivity contribution in [3.05, 3.63) is 23.9 Å². The Bertz CT molecular complexity index is 421. The van der Waals surface area contributed by atoms with E-state index in [0.717, 1.165) is 18.9 Å². The van der Waals surface area contributed by atoms with Crippen LogP contribution in [-0.4, -0.2) is 49.7 Å². The summed E-state index contributed by atoms with van der Waals surface area (Å²) in [6.45, 7) is 7.90. The number of nitrogens with one attached hydrogen (secondary N) is 1. The molecule has 0 aliphatic carbocycles. The van der Waals surface area contributed by atoms with Crippen LogP contribution in [0.15, 0.2) is 18.3 Å². The number of likely N-dealkylation sites (N-methyl/N-ethyl adjacent to an activating group) is 2. The van der Waals surface area contributed by atoms with E-state index in [0.29, 0.717) is 12.1 Å². The van der Waals surface area contributed by atoms with Crippen LogP contribution < -0.4 is 10.2 Å². The van der Waals surface area contributed by atoms with Crippen LogP contribution in [0.2, 0.25) is 0 Å². The second kappa shape index (κ2) is 7.04. The summed E-state index contributed by atoms with van der Waals surface area (Å²) in [6, 6.07) is 5.33. The predicted octanol–water partition coefficient (Wildman–Crippen LogP) is 2.28. The number of hydrogen-bond donors (Lipinski definition) is 1. The van der Waals surface area contributed by atoms with Gasteiger partial charge in [0.05, 0.1) is 0 Å². The van der Waals surface area contributed by atoms with Crippen molar-refractivity contribution in [3.63, 3.8) is 0 Å². The molecule has 0 saturated carbocycles. The lowest BCUT2D eigenvalue weighted by Crippen LogP contribution is -2.39. The molecule has 1 aromatic heterocycles. The highest BCUT2D eigenvalue weighted by atomic mass is 15.2. The van der Waals surface area contributed by atoms with Crippen LogP contribution in [0.25, 0.3) is 0 Å². The second-order valence-electron chi connectivity index (χ2n) is 5.76. The van der Waals surface area contributed by atoms with Crippen molar-refractivity contribution in [2.45, 2.75) is 38.8 Å². The van der Waals surface area contributed by atoms with E-state index in [-0.39, 0.29) is 0 Å². The maximum Gasteiger partial charge on any atom is 0.128 e. The van der Waals surface area contributed by atoms with Crippen LogP contribution in [0.5, 0.6) is 0 Å². The molecule has 112 valence electrons. The van der Waals surface area contributed by atoms with E-state index in [4.69, 9.17) is 0 Å². The third-order valence-corrected chi connectivity index (χ3v) is 4.48. The first-order valence-electron chi connectivity index (χ1n) is 7.74. The van der Waals surface area contributed by atoms with Gasteiger partial charge in [0.2, 0.25) is 0 Å². The summed E-state index contributed by atoms with van der Waals surface area (Å²) in [5.41, 5.74) is 1.29. The molecule has 4 nitrogen and oxygen atoms in total. The Morgan fingerprint density at radius 1 is 1.55 bits per heavy atom. The second-order valence-corrected chi connectivity index (χ2v) is 5.76. The summed E-state index contributed by atoms with van der Waals surface area (Å²) in [4.78, 5) is 9.40. The van der Waals surface area contributed by atoms with E-state index in [1.807, 2.05) is 13.2 Å². The first-order valence-corrected chi connectivity index (χ1v) is 7.74. The number of hydrogen-bond acceptors (Lipinski definition) is 4. The third kappa shape index (κ3) is 3.49. The molecule has 0 radical (unpaired) electrons. The fourth-order valence-electron chi connectivity index (χ4n) is 3.01. The zero-order chi connectivity index (χ0) is 14.5. The van der Waals surface area contributed by atoms with E-state index in [1.54, 1.807) is 0 Å². The quantitative estimate of drug-likeness (QED) is 0.864. The third-order valence-electron chi connectivity index (χ3n) is 4.48. The maximum absolute atomic E-state index is 4.53. The molecule has 2 atom stereocenters. The summed E-state index contributed by atoms with van der Waals surface area (Å²) in [5, 5.41) is 3.28. The van der Waals surface area contributed by atoms with Gasteiger partial charge < -0.3 is 10.2 Å². The molecule has 1 aromatic rings. The monoisotopic (exact) mass is 276 g/mol. The molecule has 2 rings (SSSR count). The molecule has 1 aliphatic rings. The van der Waals surface area contributed by atoms with Crippen molar-refractivity contribution in [2.75, 3.05) is 38.6 Å². The van der Waals surface area contributed by atoms with Crippen LogP contribution >= 0.6 is 0 Å². The van der Waals surface area contributed by atoms with Crippen LogP contribution in [0, 0.1) is 0 Å². The van der Waals surface area contributed by atoms with Crippen molar-refractivity contribution in [3.8, 4) is 0 Å². The Labute approximate surface area is 123 Å². The van der Waals surface area contributed by atoms with Crippen LogP contribution in [0.1, 0.15) is 38.3 Å². The Kier molecular flexibility index (Phi) is 5.38. The van der Waals surface area contributed by atoms with Crippen molar-refractivity contribution < 1.29 is 0 Å². The van der Waals surface area contributed by atoms with Gasteiger partial charge in [-0.3, -0.25) is 4.90 Å². The van der Waals surface area contributed by atoms with Gasteiger partial charge in [0.25, 0.3) is 0 Å². The van der Waals surface area contributed by atoms with Gasteiger partial charge in [-0.15, -0.1) is 0 Å². The number of nitrogens with zero attached hydrogens (tertiary/aromatic N) is 3. The summed E-state index contributed by atoms with van der Waals surface area (Å²) < 4.78 is 0. The van der Waals surface area contributed by atoms with Gasteiger partial charge in [0, 0.05) is 31.9 Å². The lowest BCUT2D eigenvalue weighted by molar-refractivity contribution is 0.270. The highest BCUT2D eigenvalue weighted by molar-refractivity contribution is 5.41. The zero-order valence-corrected chi connectivity index (χ0v) is 13.3. The average Bonchev–Trinajstić information content (AvgIpc) is 2.93. The maximum atomic E-state index is 4.53. The first-order chi connectivity index (χ1) is 9.65. The van der Waals surface area contributed by atoms with E-state index in [9.17, 15) is 0 Å². The van der Waals surface area contributed by atoms with E-state index in [1.165, 1.54) is 24.9 Å². The highest BCUT2D eigenvalue weighted by Gasteiger charge is 2.24. The molecule has 2 heterocycles. The summed E-state index contributed by atoms with van der Waals surface area (Å²) >= 11 is 0. The minimum atomic E-state index is 0.365. The van der Waals surface area contributed by atoms with E-state index in [2.05, 4.69) is 53.1 Å². The summed E-state index contributed by atoms with van der Waals surface area (Å²) in [7, 11) is 4.15. The largest absolute Gasteiger partial charge is 0.358 e. The fourth-order valence-corrected chi connectivity index (χ4v) is 3.01. The van der Waals surface area contributed by atoms with E-state index < -0.39 is 0 Å². The Morgan fingerprint density at radius 3 is 3.05 bits per heavy atom. The van der Waals surface area contributed by atoms with E-state index >= 15 is 0 Å². The zero-order valence-electron chi connectivity index (χ0n) is 13.3. The van der Waals surface area contributed by atoms with Gasteiger partial charge in [-0.25, -0.2) is 4.98 Å². The Morgan fingerprint density at radius 2 is 2.35 bits per heavy atom. The first kappa shape index (κ1) is 15.3. The standard InChI is InChI=1S/C16H28N4/c1-5-20-10-6-7-15(20)12-19(4)16-11-14(8-9-18-16)13(2)17-3/h8-9,11,13,15,17H,5-7,10,12H2,1-4H3. The molecular formula is C16H28N4. The van der Waals surface area contributed by atoms with Gasteiger partial charge in [0.1, 0.15) is 5.82 Å². The van der Waals surface area contributed by atoms with Crippen LogP contribution in [0.4, 0.5) is 5.82 Å². The van der Waals surface area contributed by atoms with Crippen LogP contribution in [0.3, 0.4) is 0 Å². The molecule has 0 aromatic carbocycles. The fraction of sp³-hybridized carbons (Fsp3) is 0.688. The summed E-state index contributed by atoms with van der Waals surface area (Å²) in [6.07, 6.45) is 4.56. The normalized spacial score (nSPS) is 21.1. The molecule has 1 saturated heterocycles. The minimum Gasteiger partial charge on any atom is -0.358 e. The number of pyridine rings is 1. The van der Waals surface area contributed by atoms with Crippen molar-refractivity contribution in [1.82, 2.24) is 15.2 Å². The van der Waals surface area contributed by atoms with Crippen molar-refractivity contribution in [1.29, 1.82) is 0 Å². The number of anilines is 1.